The third kappa shape index (κ3) is 9.63. The molecule has 1 aromatic rings. The van der Waals surface area contributed by atoms with Crippen LogP contribution in [-0.2, 0) is 20.8 Å². The Kier molecular flexibility index (Phi) is 8.61. The van der Waals surface area contributed by atoms with E-state index in [0.717, 1.165) is 51.3 Å². The Hall–Kier alpha value is -0.880. The highest BCUT2D eigenvalue weighted by Gasteiger charge is 2.15. The molecule has 1 atom stereocenters. The molecule has 0 saturated carbocycles. The molecule has 21 heavy (non-hydrogen) atoms. The van der Waals surface area contributed by atoms with Crippen molar-refractivity contribution in [2.24, 2.45) is 0 Å². The molecule has 0 aliphatic rings. The number of nitrogens with one attached hydrogen (secondary N) is 1. The largest absolute Gasteiger partial charge is 0.267 e. The smallest absolute Gasteiger partial charge is 0.264 e. The van der Waals surface area contributed by atoms with Crippen molar-refractivity contribution in [3.63, 3.8) is 0 Å². The Morgan fingerprint density at radius 2 is 1.86 bits per heavy atom. The van der Waals surface area contributed by atoms with Crippen LogP contribution in [0.3, 0.4) is 0 Å². The molecular formula is C15H29N2O3S+. The molecule has 0 aromatic carbocycles. The van der Waals surface area contributed by atoms with Crippen molar-refractivity contribution < 1.29 is 17.3 Å². The summed E-state index contributed by atoms with van der Waals surface area (Å²) in [5, 5.41) is 3.10. The SMILES string of the molecule is CCCCCCC(CCCC[n+]1ccc[nH]1)OS(C)(=O)=O. The molecule has 0 amide bonds. The van der Waals surface area contributed by atoms with E-state index in [-0.39, 0.29) is 6.10 Å². The Morgan fingerprint density at radius 3 is 2.43 bits per heavy atom. The van der Waals surface area contributed by atoms with Gasteiger partial charge in [-0.3, -0.25) is 4.18 Å². The van der Waals surface area contributed by atoms with Crippen molar-refractivity contribution in [3.8, 4) is 0 Å². The minimum atomic E-state index is -3.36. The fourth-order valence-electron chi connectivity index (χ4n) is 2.41. The van der Waals surface area contributed by atoms with E-state index >= 15 is 0 Å². The van der Waals surface area contributed by atoms with Gasteiger partial charge in [0.15, 0.2) is 12.7 Å². The molecule has 1 rings (SSSR count). The summed E-state index contributed by atoms with van der Waals surface area (Å²) in [4.78, 5) is 0. The van der Waals surface area contributed by atoms with E-state index in [1.165, 1.54) is 12.8 Å². The zero-order valence-corrected chi connectivity index (χ0v) is 14.1. The van der Waals surface area contributed by atoms with E-state index < -0.39 is 10.1 Å². The Morgan fingerprint density at radius 1 is 1.14 bits per heavy atom. The van der Waals surface area contributed by atoms with Crippen molar-refractivity contribution in [3.05, 3.63) is 18.5 Å². The van der Waals surface area contributed by atoms with Gasteiger partial charge in [0.1, 0.15) is 0 Å². The number of unbranched alkanes of at least 4 members (excludes halogenated alkanes) is 4. The zero-order valence-electron chi connectivity index (χ0n) is 13.3. The summed E-state index contributed by atoms with van der Waals surface area (Å²) in [5.41, 5.74) is 0. The lowest BCUT2D eigenvalue weighted by Gasteiger charge is -2.15. The van der Waals surface area contributed by atoms with E-state index in [1.54, 1.807) is 0 Å². The van der Waals surface area contributed by atoms with Gasteiger partial charge < -0.3 is 0 Å². The summed E-state index contributed by atoms with van der Waals surface area (Å²) in [5.74, 6) is 0. The number of hydrogen-bond acceptors (Lipinski definition) is 3. The van der Waals surface area contributed by atoms with Gasteiger partial charge in [-0.1, -0.05) is 32.6 Å². The molecule has 1 unspecified atom stereocenters. The van der Waals surface area contributed by atoms with Crippen LogP contribution in [0.1, 0.15) is 58.3 Å². The fourth-order valence-corrected chi connectivity index (χ4v) is 3.10. The van der Waals surface area contributed by atoms with Gasteiger partial charge in [0.05, 0.1) is 18.6 Å². The highest BCUT2D eigenvalue weighted by molar-refractivity contribution is 7.86. The topological polar surface area (TPSA) is 63.0 Å². The van der Waals surface area contributed by atoms with E-state index in [4.69, 9.17) is 4.18 Å². The first-order chi connectivity index (χ1) is 10.0. The highest BCUT2D eigenvalue weighted by atomic mass is 32.2. The first-order valence-electron chi connectivity index (χ1n) is 7.92. The molecule has 0 spiro atoms. The zero-order chi connectivity index (χ0) is 15.6. The van der Waals surface area contributed by atoms with Crippen molar-refractivity contribution in [1.82, 2.24) is 5.10 Å². The van der Waals surface area contributed by atoms with Crippen LogP contribution >= 0.6 is 0 Å². The van der Waals surface area contributed by atoms with Crippen molar-refractivity contribution in [1.29, 1.82) is 0 Å². The van der Waals surface area contributed by atoms with Crippen molar-refractivity contribution in [2.75, 3.05) is 6.26 Å². The lowest BCUT2D eigenvalue weighted by molar-refractivity contribution is -0.750. The predicted molar refractivity (Wildman–Crippen MR) is 83.3 cm³/mol. The van der Waals surface area contributed by atoms with Crippen LogP contribution in [-0.4, -0.2) is 25.9 Å². The van der Waals surface area contributed by atoms with Crippen LogP contribution in [0.4, 0.5) is 0 Å². The summed E-state index contributed by atoms with van der Waals surface area (Å²) in [6.07, 6.45) is 13.1. The molecule has 0 bridgehead atoms. The van der Waals surface area contributed by atoms with Crippen LogP contribution in [0, 0.1) is 0 Å². The molecule has 122 valence electrons. The molecule has 0 radical (unpaired) electrons. The van der Waals surface area contributed by atoms with Gasteiger partial charge in [-0.25, -0.2) is 0 Å². The Bertz CT molecular complexity index is 457. The number of H-pyrrole nitrogens is 1. The number of aryl methyl sites for hydroxylation is 1. The number of aromatic nitrogens is 2. The van der Waals surface area contributed by atoms with Crippen LogP contribution in [0.5, 0.6) is 0 Å². The highest BCUT2D eigenvalue weighted by Crippen LogP contribution is 2.16. The molecule has 5 nitrogen and oxygen atoms in total. The monoisotopic (exact) mass is 317 g/mol. The van der Waals surface area contributed by atoms with Gasteiger partial charge in [0, 0.05) is 12.5 Å². The molecule has 1 aromatic heterocycles. The van der Waals surface area contributed by atoms with Gasteiger partial charge in [0.25, 0.3) is 10.1 Å². The van der Waals surface area contributed by atoms with Crippen LogP contribution in [0.2, 0.25) is 0 Å². The second-order valence-electron chi connectivity index (χ2n) is 5.60. The minimum absolute atomic E-state index is 0.162. The molecule has 1 heterocycles. The van der Waals surface area contributed by atoms with E-state index in [1.807, 2.05) is 23.1 Å². The van der Waals surface area contributed by atoms with Gasteiger partial charge in [-0.15, -0.1) is 4.68 Å². The lowest BCUT2D eigenvalue weighted by Crippen LogP contribution is -2.34. The summed E-state index contributed by atoms with van der Waals surface area (Å²) in [7, 11) is -3.36. The maximum Gasteiger partial charge on any atom is 0.264 e. The standard InChI is InChI=1S/C15H28N2O3S/c1-3-4-5-6-10-15(20-21(2,18)19)11-7-8-13-17-14-9-12-16-17/h9,12,14-15H,3-8,10-11,13H2,1-2H3/p+1. The quantitative estimate of drug-likeness (QED) is 0.366. The molecular weight excluding hydrogens is 288 g/mol. The Labute approximate surface area is 128 Å². The van der Waals surface area contributed by atoms with Crippen LogP contribution in [0.25, 0.3) is 0 Å². The molecule has 0 aliphatic carbocycles. The first-order valence-corrected chi connectivity index (χ1v) is 9.74. The average molecular weight is 317 g/mol. The maximum absolute atomic E-state index is 11.3. The van der Waals surface area contributed by atoms with Gasteiger partial charge in [0.2, 0.25) is 0 Å². The normalized spacial score (nSPS) is 13.4. The number of aromatic amines is 1. The second kappa shape index (κ2) is 9.95. The molecule has 0 aliphatic heterocycles. The van der Waals surface area contributed by atoms with Gasteiger partial charge in [-0.2, -0.15) is 13.5 Å². The summed E-state index contributed by atoms with van der Waals surface area (Å²) < 4.78 is 29.9. The third-order valence-corrected chi connectivity index (χ3v) is 4.09. The van der Waals surface area contributed by atoms with Crippen molar-refractivity contribution >= 4 is 10.1 Å². The molecule has 0 fully saturated rings. The van der Waals surface area contributed by atoms with E-state index in [0.29, 0.717) is 0 Å². The number of nitrogens with zero attached hydrogens (tertiary/aromatic N) is 1. The van der Waals surface area contributed by atoms with Crippen LogP contribution < -0.4 is 4.68 Å². The van der Waals surface area contributed by atoms with Crippen LogP contribution in [0.15, 0.2) is 18.5 Å². The summed E-state index contributed by atoms with van der Waals surface area (Å²) in [6, 6.07) is 1.96. The third-order valence-electron chi connectivity index (χ3n) is 3.47. The average Bonchev–Trinajstić information content (AvgIpc) is 2.91. The van der Waals surface area contributed by atoms with Gasteiger partial charge in [-0.05, 0) is 19.3 Å². The van der Waals surface area contributed by atoms with E-state index in [9.17, 15) is 8.42 Å². The minimum Gasteiger partial charge on any atom is -0.267 e. The molecule has 6 heteroatoms. The molecule has 0 saturated heterocycles. The summed E-state index contributed by atoms with van der Waals surface area (Å²) >= 11 is 0. The fraction of sp³-hybridized carbons (Fsp3) is 0.800. The first kappa shape index (κ1) is 18.2. The van der Waals surface area contributed by atoms with E-state index in [2.05, 4.69) is 12.0 Å². The number of rotatable bonds is 12. The summed E-state index contributed by atoms with van der Waals surface area (Å²) in [6.45, 7) is 3.09. The Balaban J connectivity index is 2.26. The van der Waals surface area contributed by atoms with Crippen molar-refractivity contribution in [2.45, 2.75) is 70.9 Å². The predicted octanol–water partition coefficient (Wildman–Crippen LogP) is 2.79. The lowest BCUT2D eigenvalue weighted by atomic mass is 10.0. The second-order valence-corrected chi connectivity index (χ2v) is 7.20. The molecule has 1 N–H and O–H groups in total. The maximum atomic E-state index is 11.3. The number of hydrogen-bond donors (Lipinski definition) is 1. The van der Waals surface area contributed by atoms with Gasteiger partial charge >= 0.3 is 0 Å².